The van der Waals surface area contributed by atoms with E-state index in [2.05, 4.69) is 15.1 Å². The van der Waals surface area contributed by atoms with Crippen molar-refractivity contribution < 1.29 is 40.3 Å². The summed E-state index contributed by atoms with van der Waals surface area (Å²) >= 11 is 0. The zero-order valence-electron chi connectivity index (χ0n) is 21.5. The van der Waals surface area contributed by atoms with Crippen LogP contribution in [0.15, 0.2) is 24.3 Å². The van der Waals surface area contributed by atoms with E-state index in [4.69, 9.17) is 5.11 Å². The summed E-state index contributed by atoms with van der Waals surface area (Å²) in [4.78, 5) is 15.3. The normalized spacial score (nSPS) is 20.3. The highest BCUT2D eigenvalue weighted by atomic mass is 32.2. The van der Waals surface area contributed by atoms with E-state index >= 15 is 0 Å². The first-order valence-electron chi connectivity index (χ1n) is 13.0. The molecule has 220 valence electrons. The fraction of sp³-hybridized carbons (Fsp3) is 0.600. The lowest BCUT2D eigenvalue weighted by Gasteiger charge is -2.35. The number of carbonyl (C=O) groups excluding carboxylic acids is 1. The zero-order valence-corrected chi connectivity index (χ0v) is 22.3. The topological polar surface area (TPSA) is 117 Å². The molecular weight excluding hydrogens is 561 g/mol. The van der Waals surface area contributed by atoms with Gasteiger partial charge in [-0.1, -0.05) is 0 Å². The summed E-state index contributed by atoms with van der Waals surface area (Å²) in [5.41, 5.74) is -0.155. The van der Waals surface area contributed by atoms with Gasteiger partial charge >= 0.3 is 6.18 Å². The van der Waals surface area contributed by atoms with Gasteiger partial charge in [0.1, 0.15) is 5.69 Å². The highest BCUT2D eigenvalue weighted by molar-refractivity contribution is 7.92. The van der Waals surface area contributed by atoms with Crippen LogP contribution in [0, 0.1) is 11.3 Å². The molecule has 2 aliphatic carbocycles. The molecule has 0 radical (unpaired) electrons. The van der Waals surface area contributed by atoms with Gasteiger partial charge < -0.3 is 15.3 Å². The molecule has 1 amide bonds. The number of aliphatic hydroxyl groups excluding tert-OH is 1. The summed E-state index contributed by atoms with van der Waals surface area (Å²) in [5, 5.41) is 15.3. The van der Waals surface area contributed by atoms with Crippen molar-refractivity contribution in [2.75, 3.05) is 40.4 Å². The predicted octanol–water partition coefficient (Wildman–Crippen LogP) is 4.31. The minimum absolute atomic E-state index is 0.110. The number of aromatic nitrogens is 2. The van der Waals surface area contributed by atoms with Gasteiger partial charge in [-0.15, -0.1) is 0 Å². The number of aliphatic hydroxyl groups is 1. The Hall–Kier alpha value is -2.94. The average Bonchev–Trinajstić information content (AvgIpc) is 3.45. The van der Waals surface area contributed by atoms with Crippen LogP contribution in [0.1, 0.15) is 54.6 Å². The molecular formula is C25H30F5N5O4S. The first kappa shape index (κ1) is 28.6. The lowest BCUT2D eigenvalue weighted by molar-refractivity contribution is -0.147. The third-order valence-electron chi connectivity index (χ3n) is 7.92. The van der Waals surface area contributed by atoms with Crippen molar-refractivity contribution >= 4 is 33.1 Å². The molecule has 1 aliphatic heterocycles. The van der Waals surface area contributed by atoms with Gasteiger partial charge in [-0.2, -0.15) is 18.3 Å². The van der Waals surface area contributed by atoms with Gasteiger partial charge in [0.05, 0.1) is 29.3 Å². The van der Waals surface area contributed by atoms with Gasteiger partial charge in [-0.05, 0) is 55.2 Å². The van der Waals surface area contributed by atoms with E-state index in [1.807, 2.05) is 4.90 Å². The standard InChI is InChI=1S/C25H30F5N5O4S/c26-24(27)13-16(14-24)15-35-20(25(28,29)30)12-21(32-35)31-22(37)18-2-1-17(33-40(38,39)10-9-36)11-19(18)34-7-5-23(3-4-23)6-8-34/h1-2,11-12,16,33,36H,3-10,13-15H2,(H,31,32,37). The number of benzene rings is 1. The largest absolute Gasteiger partial charge is 0.433 e. The van der Waals surface area contributed by atoms with Crippen LogP contribution >= 0.6 is 0 Å². The number of carbonyl (C=O) groups is 1. The molecule has 1 aromatic carbocycles. The quantitative estimate of drug-likeness (QED) is 0.375. The van der Waals surface area contributed by atoms with Crippen molar-refractivity contribution in [2.45, 2.75) is 57.2 Å². The summed E-state index contributed by atoms with van der Waals surface area (Å²) < 4.78 is 94.8. The molecule has 15 heteroatoms. The summed E-state index contributed by atoms with van der Waals surface area (Å²) in [6, 6.07) is 4.89. The van der Waals surface area contributed by atoms with Crippen molar-refractivity contribution in [3.05, 3.63) is 35.5 Å². The Morgan fingerprint density at radius 3 is 2.35 bits per heavy atom. The van der Waals surface area contributed by atoms with Crippen LogP contribution in [-0.4, -0.2) is 60.6 Å². The Morgan fingerprint density at radius 1 is 1.10 bits per heavy atom. The Balaban J connectivity index is 1.39. The van der Waals surface area contributed by atoms with Gasteiger partial charge in [-0.3, -0.25) is 14.2 Å². The maximum atomic E-state index is 13.7. The van der Waals surface area contributed by atoms with E-state index in [0.29, 0.717) is 34.9 Å². The molecule has 2 aromatic rings. The van der Waals surface area contributed by atoms with Crippen LogP contribution in [0.5, 0.6) is 0 Å². The van der Waals surface area contributed by atoms with E-state index < -0.39 is 64.8 Å². The second-order valence-corrected chi connectivity index (χ2v) is 12.9. The molecule has 3 fully saturated rings. The molecule has 1 aromatic heterocycles. The highest BCUT2D eigenvalue weighted by Gasteiger charge is 2.47. The minimum Gasteiger partial charge on any atom is -0.395 e. The molecule has 40 heavy (non-hydrogen) atoms. The van der Waals surface area contributed by atoms with E-state index in [1.54, 1.807) is 0 Å². The molecule has 0 bridgehead atoms. The number of nitrogens with one attached hydrogen (secondary N) is 2. The van der Waals surface area contributed by atoms with Crippen molar-refractivity contribution in [2.24, 2.45) is 11.3 Å². The highest BCUT2D eigenvalue weighted by Crippen LogP contribution is 2.54. The summed E-state index contributed by atoms with van der Waals surface area (Å²) in [6.07, 6.45) is -1.80. The summed E-state index contributed by atoms with van der Waals surface area (Å²) in [5.74, 6) is -5.20. The number of amides is 1. The molecule has 0 atom stereocenters. The summed E-state index contributed by atoms with van der Waals surface area (Å²) in [7, 11) is -3.84. The first-order chi connectivity index (χ1) is 18.7. The second-order valence-electron chi connectivity index (χ2n) is 11.0. The lowest BCUT2D eigenvalue weighted by Crippen LogP contribution is -2.38. The molecule has 3 aliphatic rings. The molecule has 2 saturated carbocycles. The second kappa shape index (κ2) is 10.2. The fourth-order valence-corrected chi connectivity index (χ4v) is 6.31. The number of hydrogen-bond acceptors (Lipinski definition) is 6. The zero-order chi connectivity index (χ0) is 28.9. The Bertz CT molecular complexity index is 1370. The van der Waals surface area contributed by atoms with Gasteiger partial charge in [-0.25, -0.2) is 17.2 Å². The number of piperidine rings is 1. The average molecular weight is 592 g/mol. The smallest absolute Gasteiger partial charge is 0.395 e. The molecule has 0 unspecified atom stereocenters. The Labute approximate surface area is 227 Å². The molecule has 2 heterocycles. The first-order valence-corrected chi connectivity index (χ1v) is 14.7. The van der Waals surface area contributed by atoms with E-state index in [0.717, 1.165) is 25.7 Å². The Kier molecular flexibility index (Phi) is 7.26. The molecule has 1 saturated heterocycles. The molecule has 9 nitrogen and oxygen atoms in total. The van der Waals surface area contributed by atoms with Crippen LogP contribution in [0.2, 0.25) is 0 Å². The van der Waals surface area contributed by atoms with Crippen molar-refractivity contribution in [1.29, 1.82) is 0 Å². The lowest BCUT2D eigenvalue weighted by atomic mass is 9.81. The van der Waals surface area contributed by atoms with Crippen molar-refractivity contribution in [3.63, 3.8) is 0 Å². The SMILES string of the molecule is O=C(Nc1cc(C(F)(F)F)n(CC2CC(F)(F)C2)n1)c1ccc(NS(=O)(=O)CCO)cc1N1CCC2(CC1)CC2. The maximum absolute atomic E-state index is 13.7. The monoisotopic (exact) mass is 591 g/mol. The molecule has 5 rings (SSSR count). The number of alkyl halides is 5. The number of anilines is 3. The van der Waals surface area contributed by atoms with Gasteiger partial charge in [0.15, 0.2) is 5.82 Å². The fourth-order valence-electron chi connectivity index (χ4n) is 5.49. The van der Waals surface area contributed by atoms with Gasteiger partial charge in [0.2, 0.25) is 15.9 Å². The predicted molar refractivity (Wildman–Crippen MR) is 137 cm³/mol. The maximum Gasteiger partial charge on any atom is 0.433 e. The van der Waals surface area contributed by atoms with E-state index in [-0.39, 0.29) is 23.6 Å². The number of halogens is 5. The third kappa shape index (κ3) is 6.35. The number of nitrogens with zero attached hydrogens (tertiary/aromatic N) is 3. The van der Waals surface area contributed by atoms with E-state index in [1.165, 1.54) is 18.2 Å². The Morgan fingerprint density at radius 2 is 1.77 bits per heavy atom. The number of sulfonamides is 1. The minimum atomic E-state index is -4.81. The van der Waals surface area contributed by atoms with Crippen LogP contribution in [0.3, 0.4) is 0 Å². The third-order valence-corrected chi connectivity index (χ3v) is 9.18. The van der Waals surface area contributed by atoms with E-state index in [9.17, 15) is 35.2 Å². The van der Waals surface area contributed by atoms with Crippen LogP contribution < -0.4 is 14.9 Å². The van der Waals surface area contributed by atoms with Crippen molar-refractivity contribution in [3.8, 4) is 0 Å². The van der Waals surface area contributed by atoms with Crippen LogP contribution in [0.25, 0.3) is 0 Å². The molecule has 1 spiro atoms. The summed E-state index contributed by atoms with van der Waals surface area (Å²) in [6.45, 7) is 0.300. The number of rotatable bonds is 9. The van der Waals surface area contributed by atoms with Crippen molar-refractivity contribution in [1.82, 2.24) is 9.78 Å². The van der Waals surface area contributed by atoms with Gasteiger partial charge in [0.25, 0.3) is 5.91 Å². The van der Waals surface area contributed by atoms with Crippen LogP contribution in [-0.2, 0) is 22.7 Å². The number of hydrogen-bond donors (Lipinski definition) is 3. The van der Waals surface area contributed by atoms with Crippen LogP contribution in [0.4, 0.5) is 39.1 Å². The molecule has 3 N–H and O–H groups in total. The van der Waals surface area contributed by atoms with Gasteiger partial charge in [0, 0.05) is 38.5 Å².